The Hall–Kier alpha value is -1.85. The van der Waals surface area contributed by atoms with Gasteiger partial charge in [-0.25, -0.2) is 4.79 Å². The average molecular weight is 251 g/mol. The fraction of sp³-hybridized carbons (Fsp3) is 0.583. The zero-order valence-electron chi connectivity index (χ0n) is 10.1. The molecule has 1 aromatic heterocycles. The summed E-state index contributed by atoms with van der Waals surface area (Å²) in [5, 5.41) is 15.7. The average Bonchev–Trinajstić information content (AvgIpc) is 2.96. The minimum Gasteiger partial charge on any atom is -0.477 e. The number of carbonyl (C=O) groups excluding carboxylic acids is 1. The molecule has 0 saturated heterocycles. The third-order valence-electron chi connectivity index (χ3n) is 3.21. The number of aromatic carboxylic acids is 1. The lowest BCUT2D eigenvalue weighted by Gasteiger charge is -2.12. The highest BCUT2D eigenvalue weighted by Gasteiger charge is 2.17. The van der Waals surface area contributed by atoms with Crippen LogP contribution in [-0.2, 0) is 11.3 Å². The van der Waals surface area contributed by atoms with Crippen molar-refractivity contribution >= 4 is 11.9 Å². The van der Waals surface area contributed by atoms with E-state index in [-0.39, 0.29) is 18.0 Å². The molecule has 0 aliphatic heterocycles. The van der Waals surface area contributed by atoms with Crippen molar-refractivity contribution in [1.29, 1.82) is 0 Å². The number of nitrogens with one attached hydrogen (secondary N) is 1. The maximum Gasteiger partial charge on any atom is 0.354 e. The maximum atomic E-state index is 11.7. The molecule has 2 rings (SSSR count). The van der Waals surface area contributed by atoms with Crippen LogP contribution < -0.4 is 5.32 Å². The van der Waals surface area contributed by atoms with Crippen LogP contribution in [0.2, 0.25) is 0 Å². The summed E-state index contributed by atoms with van der Waals surface area (Å²) in [6, 6.07) is 1.73. The molecule has 1 amide bonds. The first-order chi connectivity index (χ1) is 8.66. The third-order valence-corrected chi connectivity index (χ3v) is 3.21. The molecule has 98 valence electrons. The molecule has 2 N–H and O–H groups in total. The van der Waals surface area contributed by atoms with E-state index in [1.807, 2.05) is 0 Å². The van der Waals surface area contributed by atoms with Crippen LogP contribution in [-0.4, -0.2) is 32.8 Å². The minimum absolute atomic E-state index is 0.0336. The highest BCUT2D eigenvalue weighted by atomic mass is 16.4. The van der Waals surface area contributed by atoms with Crippen LogP contribution in [0.1, 0.15) is 42.6 Å². The van der Waals surface area contributed by atoms with Crippen LogP contribution in [0.25, 0.3) is 0 Å². The SMILES string of the molecule is O=C(CCn1nccc1C(=O)O)NC1CCCC1. The topological polar surface area (TPSA) is 84.2 Å². The van der Waals surface area contributed by atoms with Gasteiger partial charge in [0.15, 0.2) is 0 Å². The highest BCUT2D eigenvalue weighted by Crippen LogP contribution is 2.17. The predicted molar refractivity (Wildman–Crippen MR) is 64.2 cm³/mol. The number of aromatic nitrogens is 2. The van der Waals surface area contributed by atoms with Gasteiger partial charge in [-0.15, -0.1) is 0 Å². The number of carboxylic acids is 1. The molecule has 0 radical (unpaired) electrons. The van der Waals surface area contributed by atoms with E-state index in [0.29, 0.717) is 12.6 Å². The van der Waals surface area contributed by atoms with Crippen LogP contribution >= 0.6 is 0 Å². The number of aryl methyl sites for hydroxylation is 1. The van der Waals surface area contributed by atoms with Crippen molar-refractivity contribution in [2.75, 3.05) is 0 Å². The second-order valence-corrected chi connectivity index (χ2v) is 4.54. The molecule has 0 bridgehead atoms. The Kier molecular flexibility index (Phi) is 3.96. The normalized spacial score (nSPS) is 15.8. The second-order valence-electron chi connectivity index (χ2n) is 4.54. The summed E-state index contributed by atoms with van der Waals surface area (Å²) in [5.41, 5.74) is 0.115. The highest BCUT2D eigenvalue weighted by molar-refractivity contribution is 5.85. The van der Waals surface area contributed by atoms with Crippen molar-refractivity contribution in [3.05, 3.63) is 18.0 Å². The Morgan fingerprint density at radius 3 is 2.83 bits per heavy atom. The standard InChI is InChI=1S/C12H17N3O3/c16-11(14-9-3-1-2-4-9)6-8-15-10(12(17)18)5-7-13-15/h5,7,9H,1-4,6,8H2,(H,14,16)(H,17,18). The van der Waals surface area contributed by atoms with Gasteiger partial charge < -0.3 is 10.4 Å². The Morgan fingerprint density at radius 1 is 1.44 bits per heavy atom. The molecule has 1 aliphatic rings. The minimum atomic E-state index is -1.02. The van der Waals surface area contributed by atoms with E-state index >= 15 is 0 Å². The van der Waals surface area contributed by atoms with Crippen LogP contribution in [0, 0.1) is 0 Å². The number of hydrogen-bond acceptors (Lipinski definition) is 3. The number of carboxylic acid groups (broad SMARTS) is 1. The number of rotatable bonds is 5. The Bertz CT molecular complexity index is 436. The van der Waals surface area contributed by atoms with Gasteiger partial charge in [0.05, 0.1) is 6.54 Å². The van der Waals surface area contributed by atoms with Gasteiger partial charge in [0.2, 0.25) is 5.91 Å². The largest absolute Gasteiger partial charge is 0.477 e. The van der Waals surface area contributed by atoms with Crippen molar-refractivity contribution in [2.45, 2.75) is 44.7 Å². The fourth-order valence-electron chi connectivity index (χ4n) is 2.27. The van der Waals surface area contributed by atoms with Gasteiger partial charge in [-0.1, -0.05) is 12.8 Å². The monoisotopic (exact) mass is 251 g/mol. The predicted octanol–water partition coefficient (Wildman–Crippen LogP) is 1.03. The molecule has 1 aliphatic carbocycles. The van der Waals surface area contributed by atoms with E-state index in [4.69, 9.17) is 5.11 Å². The molecule has 0 unspecified atom stereocenters. The zero-order valence-corrected chi connectivity index (χ0v) is 10.1. The first-order valence-electron chi connectivity index (χ1n) is 6.21. The quantitative estimate of drug-likeness (QED) is 0.818. The van der Waals surface area contributed by atoms with E-state index in [1.165, 1.54) is 29.8 Å². The van der Waals surface area contributed by atoms with Crippen LogP contribution in [0.3, 0.4) is 0 Å². The Morgan fingerprint density at radius 2 is 2.17 bits per heavy atom. The number of hydrogen-bond donors (Lipinski definition) is 2. The fourth-order valence-corrected chi connectivity index (χ4v) is 2.27. The van der Waals surface area contributed by atoms with E-state index in [9.17, 15) is 9.59 Å². The second kappa shape index (κ2) is 5.66. The maximum absolute atomic E-state index is 11.7. The zero-order chi connectivity index (χ0) is 13.0. The molecular weight excluding hydrogens is 234 g/mol. The van der Waals surface area contributed by atoms with E-state index in [0.717, 1.165) is 12.8 Å². The number of nitrogens with zero attached hydrogens (tertiary/aromatic N) is 2. The molecule has 6 heteroatoms. The van der Waals surface area contributed by atoms with Gasteiger partial charge >= 0.3 is 5.97 Å². The molecule has 0 spiro atoms. The smallest absolute Gasteiger partial charge is 0.354 e. The summed E-state index contributed by atoms with van der Waals surface area (Å²) < 4.78 is 1.34. The molecule has 1 saturated carbocycles. The van der Waals surface area contributed by atoms with Crippen LogP contribution in [0.4, 0.5) is 0 Å². The molecule has 1 heterocycles. The molecule has 0 aromatic carbocycles. The molecule has 6 nitrogen and oxygen atoms in total. The van der Waals surface area contributed by atoms with Crippen molar-refractivity contribution in [3.8, 4) is 0 Å². The van der Waals surface area contributed by atoms with Gasteiger partial charge in [-0.2, -0.15) is 5.10 Å². The van der Waals surface area contributed by atoms with Crippen molar-refractivity contribution in [3.63, 3.8) is 0 Å². The molecular formula is C12H17N3O3. The first kappa shape index (κ1) is 12.6. The van der Waals surface area contributed by atoms with Crippen LogP contribution in [0.15, 0.2) is 12.3 Å². The molecule has 0 atom stereocenters. The lowest BCUT2D eigenvalue weighted by atomic mass is 10.2. The number of amides is 1. The third kappa shape index (κ3) is 3.09. The van der Waals surface area contributed by atoms with Gasteiger partial charge in [-0.05, 0) is 18.9 Å². The van der Waals surface area contributed by atoms with Gasteiger partial charge in [0, 0.05) is 18.7 Å². The van der Waals surface area contributed by atoms with Crippen molar-refractivity contribution < 1.29 is 14.7 Å². The first-order valence-corrected chi connectivity index (χ1v) is 6.21. The van der Waals surface area contributed by atoms with E-state index < -0.39 is 5.97 Å². The summed E-state index contributed by atoms with van der Waals surface area (Å²) in [7, 11) is 0. The summed E-state index contributed by atoms with van der Waals surface area (Å²) in [6.07, 6.45) is 6.14. The molecule has 1 fully saturated rings. The Labute approximate surface area is 105 Å². The van der Waals surface area contributed by atoms with Crippen molar-refractivity contribution in [1.82, 2.24) is 15.1 Å². The van der Waals surface area contributed by atoms with Gasteiger partial charge in [0.25, 0.3) is 0 Å². The van der Waals surface area contributed by atoms with E-state index in [2.05, 4.69) is 10.4 Å². The summed E-state index contributed by atoms with van der Waals surface area (Å²) in [4.78, 5) is 22.5. The lowest BCUT2D eigenvalue weighted by Crippen LogP contribution is -2.33. The number of carbonyl (C=O) groups is 2. The van der Waals surface area contributed by atoms with Crippen LogP contribution in [0.5, 0.6) is 0 Å². The molecule has 18 heavy (non-hydrogen) atoms. The molecule has 1 aromatic rings. The lowest BCUT2D eigenvalue weighted by molar-refractivity contribution is -0.122. The van der Waals surface area contributed by atoms with Crippen molar-refractivity contribution in [2.24, 2.45) is 0 Å². The summed E-state index contributed by atoms with van der Waals surface area (Å²) >= 11 is 0. The van der Waals surface area contributed by atoms with Gasteiger partial charge in [0.1, 0.15) is 5.69 Å². The Balaban J connectivity index is 1.81. The summed E-state index contributed by atoms with van der Waals surface area (Å²) in [6.45, 7) is 0.299. The van der Waals surface area contributed by atoms with E-state index in [1.54, 1.807) is 0 Å². The summed E-state index contributed by atoms with van der Waals surface area (Å²) in [5.74, 6) is -1.06. The van der Waals surface area contributed by atoms with Gasteiger partial charge in [-0.3, -0.25) is 9.48 Å².